The van der Waals surface area contributed by atoms with Gasteiger partial charge in [0.2, 0.25) is 5.91 Å². The normalized spacial score (nSPS) is 10.7. The van der Waals surface area contributed by atoms with Crippen LogP contribution in [-0.4, -0.2) is 26.2 Å². The van der Waals surface area contributed by atoms with Crippen LogP contribution >= 0.6 is 11.6 Å². The second-order valence-electron chi connectivity index (χ2n) is 5.63. The lowest BCUT2D eigenvalue weighted by atomic mass is 10.2. The monoisotopic (exact) mass is 389 g/mol. The summed E-state index contributed by atoms with van der Waals surface area (Å²) >= 11 is 6.29. The summed E-state index contributed by atoms with van der Waals surface area (Å²) in [5, 5.41) is 3.24. The zero-order valence-corrected chi connectivity index (χ0v) is 16.5. The van der Waals surface area contributed by atoms with Gasteiger partial charge in [0, 0.05) is 6.08 Å². The lowest BCUT2D eigenvalue weighted by Gasteiger charge is -2.12. The summed E-state index contributed by atoms with van der Waals surface area (Å²) in [6, 6.07) is 10.8. The Morgan fingerprint density at radius 2 is 1.93 bits per heavy atom. The van der Waals surface area contributed by atoms with Crippen molar-refractivity contribution in [3.63, 3.8) is 0 Å². The molecule has 6 heteroatoms. The molecule has 27 heavy (non-hydrogen) atoms. The van der Waals surface area contributed by atoms with Crippen molar-refractivity contribution in [3.05, 3.63) is 53.1 Å². The molecule has 0 radical (unpaired) electrons. The van der Waals surface area contributed by atoms with Crippen molar-refractivity contribution >= 4 is 29.3 Å². The van der Waals surface area contributed by atoms with Gasteiger partial charge in [-0.25, -0.2) is 0 Å². The average Bonchev–Trinajstić information content (AvgIpc) is 2.67. The standard InChI is InChI=1S/C21H24ClNO4/c1-4-12-27-21-16(22)13-15(14-19(21)25-3)10-11-20(24)23-17-8-6-7-9-18(17)26-5-2/h6-11,13-14H,4-5,12H2,1-3H3,(H,23,24). The summed E-state index contributed by atoms with van der Waals surface area (Å²) in [6.07, 6.45) is 3.96. The van der Waals surface area contributed by atoms with Crippen LogP contribution < -0.4 is 19.5 Å². The van der Waals surface area contributed by atoms with Crippen LogP contribution in [0.4, 0.5) is 5.69 Å². The molecule has 5 nitrogen and oxygen atoms in total. The van der Waals surface area contributed by atoms with E-state index in [2.05, 4.69) is 5.32 Å². The number of benzene rings is 2. The Labute approximate surface area is 164 Å². The van der Waals surface area contributed by atoms with Crippen molar-refractivity contribution in [3.8, 4) is 17.2 Å². The third kappa shape index (κ3) is 5.93. The molecule has 0 unspecified atom stereocenters. The molecular formula is C21H24ClNO4. The zero-order valence-electron chi connectivity index (χ0n) is 15.8. The SMILES string of the molecule is CCCOc1c(Cl)cc(C=CC(=O)Nc2ccccc2OCC)cc1OC. The first-order valence-electron chi connectivity index (χ1n) is 8.80. The highest BCUT2D eigenvalue weighted by Gasteiger charge is 2.11. The summed E-state index contributed by atoms with van der Waals surface area (Å²) in [4.78, 5) is 12.2. The highest BCUT2D eigenvalue weighted by molar-refractivity contribution is 6.32. The maximum Gasteiger partial charge on any atom is 0.248 e. The molecule has 0 heterocycles. The third-order valence-corrected chi connectivity index (χ3v) is 3.85. The van der Waals surface area contributed by atoms with Crippen LogP contribution in [0.2, 0.25) is 5.02 Å². The molecule has 0 fully saturated rings. The number of nitrogens with one attached hydrogen (secondary N) is 1. The van der Waals surface area contributed by atoms with E-state index in [1.54, 1.807) is 31.4 Å². The van der Waals surface area contributed by atoms with Gasteiger partial charge in [-0.3, -0.25) is 4.79 Å². The van der Waals surface area contributed by atoms with E-state index in [-0.39, 0.29) is 5.91 Å². The van der Waals surface area contributed by atoms with E-state index >= 15 is 0 Å². The van der Waals surface area contributed by atoms with E-state index in [0.29, 0.717) is 41.2 Å². The van der Waals surface area contributed by atoms with Crippen molar-refractivity contribution in [1.82, 2.24) is 0 Å². The molecule has 0 aliphatic heterocycles. The van der Waals surface area contributed by atoms with Crippen molar-refractivity contribution in [1.29, 1.82) is 0 Å². The molecule has 0 aliphatic rings. The van der Waals surface area contributed by atoms with E-state index < -0.39 is 0 Å². The smallest absolute Gasteiger partial charge is 0.248 e. The van der Waals surface area contributed by atoms with Crippen LogP contribution in [0.1, 0.15) is 25.8 Å². The highest BCUT2D eigenvalue weighted by atomic mass is 35.5. The summed E-state index contributed by atoms with van der Waals surface area (Å²) in [7, 11) is 1.55. The van der Waals surface area contributed by atoms with Crippen LogP contribution in [0.15, 0.2) is 42.5 Å². The maximum absolute atomic E-state index is 12.2. The summed E-state index contributed by atoms with van der Waals surface area (Å²) in [5.41, 5.74) is 1.35. The van der Waals surface area contributed by atoms with Gasteiger partial charge < -0.3 is 19.5 Å². The zero-order chi connectivity index (χ0) is 19.6. The molecule has 1 N–H and O–H groups in total. The van der Waals surface area contributed by atoms with Gasteiger partial charge in [0.05, 0.1) is 31.0 Å². The van der Waals surface area contributed by atoms with E-state index in [1.165, 1.54) is 6.08 Å². The van der Waals surface area contributed by atoms with Gasteiger partial charge in [-0.15, -0.1) is 0 Å². The molecule has 0 saturated heterocycles. The van der Waals surface area contributed by atoms with Crippen molar-refractivity contribution in [2.75, 3.05) is 25.6 Å². The van der Waals surface area contributed by atoms with Gasteiger partial charge in [0.15, 0.2) is 11.5 Å². The Kier molecular flexibility index (Phi) is 8.01. The van der Waals surface area contributed by atoms with Gasteiger partial charge in [0.1, 0.15) is 5.75 Å². The predicted molar refractivity (Wildman–Crippen MR) is 109 cm³/mol. The van der Waals surface area contributed by atoms with Crippen LogP contribution in [0.3, 0.4) is 0 Å². The number of amides is 1. The Morgan fingerprint density at radius 1 is 1.15 bits per heavy atom. The van der Waals surface area contributed by atoms with E-state index in [0.717, 1.165) is 12.0 Å². The fourth-order valence-corrected chi connectivity index (χ4v) is 2.65. The molecule has 0 atom stereocenters. The molecule has 0 spiro atoms. The Bertz CT molecular complexity index is 805. The minimum atomic E-state index is -0.274. The van der Waals surface area contributed by atoms with Gasteiger partial charge in [-0.1, -0.05) is 30.7 Å². The van der Waals surface area contributed by atoms with Crippen molar-refractivity contribution < 1.29 is 19.0 Å². The molecule has 0 saturated carbocycles. The number of rotatable bonds is 9. The van der Waals surface area contributed by atoms with Crippen LogP contribution in [-0.2, 0) is 4.79 Å². The molecule has 0 bridgehead atoms. The molecule has 144 valence electrons. The van der Waals surface area contributed by atoms with Gasteiger partial charge in [0.25, 0.3) is 0 Å². The third-order valence-electron chi connectivity index (χ3n) is 3.57. The second kappa shape index (κ2) is 10.5. The lowest BCUT2D eigenvalue weighted by molar-refractivity contribution is -0.111. The quantitative estimate of drug-likeness (QED) is 0.600. The molecule has 2 aromatic rings. The molecule has 1 amide bonds. The molecule has 2 aromatic carbocycles. The number of hydrogen-bond donors (Lipinski definition) is 1. The number of carbonyl (C=O) groups is 1. The lowest BCUT2D eigenvalue weighted by Crippen LogP contribution is -2.09. The van der Waals surface area contributed by atoms with Crippen molar-refractivity contribution in [2.45, 2.75) is 20.3 Å². The Balaban J connectivity index is 2.13. The van der Waals surface area contributed by atoms with Gasteiger partial charge >= 0.3 is 0 Å². The number of carbonyl (C=O) groups excluding carboxylic acids is 1. The first kappa shape index (κ1) is 20.6. The minimum Gasteiger partial charge on any atom is -0.493 e. The maximum atomic E-state index is 12.2. The number of methoxy groups -OCH3 is 1. The van der Waals surface area contributed by atoms with E-state index in [9.17, 15) is 4.79 Å². The highest BCUT2D eigenvalue weighted by Crippen LogP contribution is 2.37. The number of ether oxygens (including phenoxy) is 3. The number of para-hydroxylation sites is 2. The van der Waals surface area contributed by atoms with Gasteiger partial charge in [-0.2, -0.15) is 0 Å². The van der Waals surface area contributed by atoms with E-state index in [4.69, 9.17) is 25.8 Å². The Morgan fingerprint density at radius 3 is 2.63 bits per heavy atom. The van der Waals surface area contributed by atoms with Crippen LogP contribution in [0, 0.1) is 0 Å². The first-order chi connectivity index (χ1) is 13.1. The van der Waals surface area contributed by atoms with Crippen LogP contribution in [0.25, 0.3) is 6.08 Å². The largest absolute Gasteiger partial charge is 0.493 e. The van der Waals surface area contributed by atoms with E-state index in [1.807, 2.05) is 32.0 Å². The summed E-state index contributed by atoms with van der Waals surface area (Å²) in [6.45, 7) is 4.98. The Hall–Kier alpha value is -2.66. The number of halogens is 1. The number of anilines is 1. The molecular weight excluding hydrogens is 366 g/mol. The summed E-state index contributed by atoms with van der Waals surface area (Å²) in [5.74, 6) is 1.39. The van der Waals surface area contributed by atoms with Crippen LogP contribution in [0.5, 0.6) is 17.2 Å². The predicted octanol–water partition coefficient (Wildman–Crippen LogP) is 5.19. The number of hydrogen-bond acceptors (Lipinski definition) is 4. The summed E-state index contributed by atoms with van der Waals surface area (Å²) < 4.78 is 16.5. The van der Waals surface area contributed by atoms with Crippen molar-refractivity contribution in [2.24, 2.45) is 0 Å². The fraction of sp³-hybridized carbons (Fsp3) is 0.286. The minimum absolute atomic E-state index is 0.274. The fourth-order valence-electron chi connectivity index (χ4n) is 2.38. The molecule has 0 aromatic heterocycles. The average molecular weight is 390 g/mol. The molecule has 2 rings (SSSR count). The molecule has 0 aliphatic carbocycles. The second-order valence-corrected chi connectivity index (χ2v) is 6.04. The topological polar surface area (TPSA) is 56.8 Å². The first-order valence-corrected chi connectivity index (χ1v) is 9.18. The van der Waals surface area contributed by atoms with Gasteiger partial charge in [-0.05, 0) is 49.2 Å².